The highest BCUT2D eigenvalue weighted by atomic mass is 16.3. The molecule has 0 bridgehead atoms. The summed E-state index contributed by atoms with van der Waals surface area (Å²) in [7, 11) is 0. The molecule has 0 aliphatic carbocycles. The number of carbonyl (C=O) groups excluding carboxylic acids is 1. The first kappa shape index (κ1) is 13.8. The SMILES string of the molecule is CCN(CC(C)(C)O)C(=O)c1cc(C)oc1C. The minimum absolute atomic E-state index is 0.0935. The molecule has 0 atom stereocenters. The highest BCUT2D eigenvalue weighted by Crippen LogP contribution is 2.17. The Kier molecular flexibility index (Phi) is 3.98. The molecular formula is C13H21NO3. The van der Waals surface area contributed by atoms with Gasteiger partial charge in [-0.15, -0.1) is 0 Å². The molecule has 0 spiro atoms. The molecule has 1 rings (SSSR count). The quantitative estimate of drug-likeness (QED) is 0.875. The van der Waals surface area contributed by atoms with Gasteiger partial charge in [0.1, 0.15) is 11.5 Å². The van der Waals surface area contributed by atoms with Crippen molar-refractivity contribution in [3.8, 4) is 0 Å². The standard InChI is InChI=1S/C13H21NO3/c1-6-14(8-13(4,5)16)12(15)11-7-9(2)17-10(11)3/h7,16H,6,8H2,1-5H3. The summed E-state index contributed by atoms with van der Waals surface area (Å²) in [6.07, 6.45) is 0. The van der Waals surface area contributed by atoms with Crippen LogP contribution in [0, 0.1) is 13.8 Å². The zero-order valence-electron chi connectivity index (χ0n) is 11.2. The molecule has 96 valence electrons. The second kappa shape index (κ2) is 4.92. The van der Waals surface area contributed by atoms with Crippen molar-refractivity contribution in [2.45, 2.75) is 40.2 Å². The number of aliphatic hydroxyl groups is 1. The van der Waals surface area contributed by atoms with Crippen LogP contribution in [0.25, 0.3) is 0 Å². The lowest BCUT2D eigenvalue weighted by Crippen LogP contribution is -2.42. The minimum atomic E-state index is -0.891. The average molecular weight is 239 g/mol. The first-order chi connectivity index (χ1) is 7.74. The van der Waals surface area contributed by atoms with Crippen LogP contribution in [-0.4, -0.2) is 34.6 Å². The molecule has 1 aromatic rings. The van der Waals surface area contributed by atoms with Crippen LogP contribution in [0.4, 0.5) is 0 Å². The van der Waals surface area contributed by atoms with E-state index in [9.17, 15) is 9.90 Å². The Hall–Kier alpha value is -1.29. The summed E-state index contributed by atoms with van der Waals surface area (Å²) in [6.45, 7) is 9.74. The van der Waals surface area contributed by atoms with Gasteiger partial charge in [0.25, 0.3) is 5.91 Å². The van der Waals surface area contributed by atoms with Crippen molar-refractivity contribution in [2.75, 3.05) is 13.1 Å². The monoisotopic (exact) mass is 239 g/mol. The molecule has 0 aliphatic heterocycles. The lowest BCUT2D eigenvalue weighted by Gasteiger charge is -2.27. The molecule has 4 heteroatoms. The Balaban J connectivity index is 2.90. The van der Waals surface area contributed by atoms with Crippen molar-refractivity contribution >= 4 is 5.91 Å². The maximum atomic E-state index is 12.2. The van der Waals surface area contributed by atoms with E-state index in [0.717, 1.165) is 5.76 Å². The molecule has 0 fully saturated rings. The van der Waals surface area contributed by atoms with Gasteiger partial charge in [0.05, 0.1) is 11.2 Å². The van der Waals surface area contributed by atoms with Crippen LogP contribution in [-0.2, 0) is 0 Å². The summed E-state index contributed by atoms with van der Waals surface area (Å²) in [5, 5.41) is 9.77. The Labute approximate surface area is 102 Å². The van der Waals surface area contributed by atoms with E-state index in [1.807, 2.05) is 13.8 Å². The Morgan fingerprint density at radius 3 is 2.41 bits per heavy atom. The van der Waals surface area contributed by atoms with Gasteiger partial charge in [-0.05, 0) is 40.7 Å². The first-order valence-electron chi connectivity index (χ1n) is 5.83. The van der Waals surface area contributed by atoms with Gasteiger partial charge in [0, 0.05) is 13.1 Å². The number of hydrogen-bond donors (Lipinski definition) is 1. The van der Waals surface area contributed by atoms with Crippen molar-refractivity contribution in [3.63, 3.8) is 0 Å². The van der Waals surface area contributed by atoms with E-state index in [2.05, 4.69) is 0 Å². The van der Waals surface area contributed by atoms with Crippen molar-refractivity contribution in [1.29, 1.82) is 0 Å². The third kappa shape index (κ3) is 3.60. The lowest BCUT2D eigenvalue weighted by atomic mass is 10.1. The normalized spacial score (nSPS) is 11.6. The predicted molar refractivity (Wildman–Crippen MR) is 66.1 cm³/mol. The first-order valence-corrected chi connectivity index (χ1v) is 5.83. The number of carbonyl (C=O) groups is 1. The summed E-state index contributed by atoms with van der Waals surface area (Å²) >= 11 is 0. The number of likely N-dealkylation sites (N-methyl/N-ethyl adjacent to an activating group) is 1. The number of amides is 1. The number of hydrogen-bond acceptors (Lipinski definition) is 3. The van der Waals surface area contributed by atoms with Gasteiger partial charge in [-0.3, -0.25) is 4.79 Å². The van der Waals surface area contributed by atoms with E-state index in [4.69, 9.17) is 4.42 Å². The summed E-state index contributed by atoms with van der Waals surface area (Å²) in [4.78, 5) is 13.9. The van der Waals surface area contributed by atoms with Gasteiger partial charge >= 0.3 is 0 Å². The Bertz CT molecular complexity index is 401. The molecule has 1 amide bonds. The van der Waals surface area contributed by atoms with Crippen LogP contribution in [0.15, 0.2) is 10.5 Å². The number of rotatable bonds is 4. The molecule has 0 aromatic carbocycles. The fourth-order valence-corrected chi connectivity index (χ4v) is 1.81. The maximum absolute atomic E-state index is 12.2. The van der Waals surface area contributed by atoms with Gasteiger partial charge in [0.15, 0.2) is 0 Å². The zero-order chi connectivity index (χ0) is 13.2. The third-order valence-corrected chi connectivity index (χ3v) is 2.52. The van der Waals surface area contributed by atoms with Gasteiger partial charge in [0.2, 0.25) is 0 Å². The Morgan fingerprint density at radius 1 is 1.47 bits per heavy atom. The number of nitrogens with zero attached hydrogens (tertiary/aromatic N) is 1. The highest BCUT2D eigenvalue weighted by Gasteiger charge is 2.24. The topological polar surface area (TPSA) is 53.7 Å². The van der Waals surface area contributed by atoms with Crippen molar-refractivity contribution in [1.82, 2.24) is 4.90 Å². The molecular weight excluding hydrogens is 218 g/mol. The van der Waals surface area contributed by atoms with E-state index in [1.165, 1.54) is 0 Å². The fraction of sp³-hybridized carbons (Fsp3) is 0.615. The second-order valence-electron chi connectivity index (χ2n) is 4.96. The maximum Gasteiger partial charge on any atom is 0.257 e. The summed E-state index contributed by atoms with van der Waals surface area (Å²) in [5.41, 5.74) is -0.313. The predicted octanol–water partition coefficient (Wildman–Crippen LogP) is 2.13. The summed E-state index contributed by atoms with van der Waals surface area (Å²) < 4.78 is 5.35. The van der Waals surface area contributed by atoms with E-state index < -0.39 is 5.60 Å². The van der Waals surface area contributed by atoms with Crippen molar-refractivity contribution in [3.05, 3.63) is 23.2 Å². The second-order valence-corrected chi connectivity index (χ2v) is 4.96. The van der Waals surface area contributed by atoms with Gasteiger partial charge in [-0.25, -0.2) is 0 Å². The largest absolute Gasteiger partial charge is 0.466 e. The smallest absolute Gasteiger partial charge is 0.257 e. The van der Waals surface area contributed by atoms with E-state index >= 15 is 0 Å². The van der Waals surface area contributed by atoms with Gasteiger partial charge < -0.3 is 14.4 Å². The van der Waals surface area contributed by atoms with E-state index in [0.29, 0.717) is 24.4 Å². The van der Waals surface area contributed by atoms with E-state index in [1.54, 1.807) is 31.7 Å². The van der Waals surface area contributed by atoms with Crippen LogP contribution in [0.3, 0.4) is 0 Å². The molecule has 1 aromatic heterocycles. The van der Waals surface area contributed by atoms with E-state index in [-0.39, 0.29) is 5.91 Å². The zero-order valence-corrected chi connectivity index (χ0v) is 11.2. The van der Waals surface area contributed by atoms with Crippen LogP contribution in [0.1, 0.15) is 42.6 Å². The van der Waals surface area contributed by atoms with Crippen LogP contribution >= 0.6 is 0 Å². The number of furan rings is 1. The molecule has 4 nitrogen and oxygen atoms in total. The van der Waals surface area contributed by atoms with Gasteiger partial charge in [-0.1, -0.05) is 0 Å². The van der Waals surface area contributed by atoms with Gasteiger partial charge in [-0.2, -0.15) is 0 Å². The van der Waals surface area contributed by atoms with Crippen LogP contribution < -0.4 is 0 Å². The van der Waals surface area contributed by atoms with Crippen molar-refractivity contribution in [2.24, 2.45) is 0 Å². The van der Waals surface area contributed by atoms with Crippen LogP contribution in [0.2, 0.25) is 0 Å². The minimum Gasteiger partial charge on any atom is -0.466 e. The lowest BCUT2D eigenvalue weighted by molar-refractivity contribution is 0.0313. The highest BCUT2D eigenvalue weighted by molar-refractivity contribution is 5.95. The third-order valence-electron chi connectivity index (χ3n) is 2.52. The molecule has 1 heterocycles. The molecule has 0 radical (unpaired) electrons. The molecule has 0 unspecified atom stereocenters. The fourth-order valence-electron chi connectivity index (χ4n) is 1.81. The number of aryl methyl sites for hydroxylation is 2. The molecule has 0 saturated heterocycles. The molecule has 1 N–H and O–H groups in total. The summed E-state index contributed by atoms with van der Waals surface area (Å²) in [6, 6.07) is 1.74. The Morgan fingerprint density at radius 2 is 2.06 bits per heavy atom. The summed E-state index contributed by atoms with van der Waals surface area (Å²) in [5.74, 6) is 1.26. The molecule has 0 aliphatic rings. The average Bonchev–Trinajstić information content (AvgIpc) is 2.52. The molecule has 0 saturated carbocycles. The van der Waals surface area contributed by atoms with Crippen LogP contribution in [0.5, 0.6) is 0 Å². The van der Waals surface area contributed by atoms with Crippen molar-refractivity contribution < 1.29 is 14.3 Å². The molecule has 17 heavy (non-hydrogen) atoms.